The number of anilines is 1. The van der Waals surface area contributed by atoms with Gasteiger partial charge in [-0.25, -0.2) is 8.42 Å². The van der Waals surface area contributed by atoms with Gasteiger partial charge in [0.25, 0.3) is 10.0 Å². The van der Waals surface area contributed by atoms with Crippen LogP contribution in [0.2, 0.25) is 5.02 Å². The Hall–Kier alpha value is -4.34. The minimum Gasteiger partial charge on any atom is -0.494 e. The van der Waals surface area contributed by atoms with E-state index in [9.17, 15) is 18.0 Å². The van der Waals surface area contributed by atoms with Crippen LogP contribution in [0.15, 0.2) is 114 Å². The molecule has 1 atom stereocenters. The van der Waals surface area contributed by atoms with Crippen LogP contribution in [-0.2, 0) is 32.6 Å². The molecule has 4 aromatic rings. The lowest BCUT2D eigenvalue weighted by atomic mass is 10.0. The van der Waals surface area contributed by atoms with Gasteiger partial charge in [-0.15, -0.1) is 0 Å². The molecular formula is C35H38ClN3O5S. The van der Waals surface area contributed by atoms with Crippen molar-refractivity contribution in [2.75, 3.05) is 17.5 Å². The summed E-state index contributed by atoms with van der Waals surface area (Å²) in [5.41, 5.74) is 1.94. The summed E-state index contributed by atoms with van der Waals surface area (Å²) in [5.74, 6) is -0.299. The molecule has 4 aromatic carbocycles. The molecule has 8 nitrogen and oxygen atoms in total. The highest BCUT2D eigenvalue weighted by Crippen LogP contribution is 2.28. The Morgan fingerprint density at radius 2 is 1.40 bits per heavy atom. The first-order valence-corrected chi connectivity index (χ1v) is 16.6. The lowest BCUT2D eigenvalue weighted by molar-refractivity contribution is -0.140. The number of carbonyl (C=O) groups is 2. The SMILES string of the molecule is CCOc1ccc(N(CC(=O)N(Cc2ccccc2)C(Cc2ccccc2)C(=O)NC(C)C)S(=O)(=O)c2ccc(Cl)cc2)cc1. The van der Waals surface area contributed by atoms with Crippen molar-refractivity contribution in [1.82, 2.24) is 10.2 Å². The Balaban J connectivity index is 1.79. The summed E-state index contributed by atoms with van der Waals surface area (Å²) in [7, 11) is -4.24. The van der Waals surface area contributed by atoms with Gasteiger partial charge in [0, 0.05) is 24.0 Å². The van der Waals surface area contributed by atoms with E-state index in [1.807, 2.05) is 81.4 Å². The maximum atomic E-state index is 14.4. The monoisotopic (exact) mass is 647 g/mol. The Kier molecular flexibility index (Phi) is 11.6. The Labute approximate surface area is 270 Å². The van der Waals surface area contributed by atoms with E-state index in [-0.39, 0.29) is 35.5 Å². The van der Waals surface area contributed by atoms with Crippen molar-refractivity contribution in [3.05, 3.63) is 125 Å². The number of amides is 2. The molecule has 0 aromatic heterocycles. The highest BCUT2D eigenvalue weighted by atomic mass is 35.5. The maximum Gasteiger partial charge on any atom is 0.264 e. The van der Waals surface area contributed by atoms with E-state index in [0.717, 1.165) is 15.4 Å². The molecule has 0 heterocycles. The molecule has 0 fully saturated rings. The molecule has 0 spiro atoms. The van der Waals surface area contributed by atoms with Crippen LogP contribution in [0.1, 0.15) is 31.9 Å². The van der Waals surface area contributed by atoms with E-state index in [1.54, 1.807) is 24.3 Å². The van der Waals surface area contributed by atoms with Crippen LogP contribution in [0.3, 0.4) is 0 Å². The second kappa shape index (κ2) is 15.6. The molecule has 0 saturated heterocycles. The van der Waals surface area contributed by atoms with Crippen LogP contribution in [0.25, 0.3) is 0 Å². The van der Waals surface area contributed by atoms with Gasteiger partial charge in [0.05, 0.1) is 17.2 Å². The van der Waals surface area contributed by atoms with Crippen molar-refractivity contribution in [2.45, 2.75) is 50.7 Å². The number of carbonyl (C=O) groups excluding carboxylic acids is 2. The number of hydrogen-bond donors (Lipinski definition) is 1. The number of rotatable bonds is 14. The summed E-state index contributed by atoms with van der Waals surface area (Å²) in [4.78, 5) is 29.6. The van der Waals surface area contributed by atoms with Crippen molar-refractivity contribution < 1.29 is 22.7 Å². The number of nitrogens with zero attached hydrogens (tertiary/aromatic N) is 2. The van der Waals surface area contributed by atoms with E-state index in [2.05, 4.69) is 5.32 Å². The molecule has 0 radical (unpaired) electrons. The van der Waals surface area contributed by atoms with Crippen LogP contribution in [0.4, 0.5) is 5.69 Å². The molecule has 0 aliphatic rings. The van der Waals surface area contributed by atoms with Crippen LogP contribution < -0.4 is 14.4 Å². The first kappa shape index (κ1) is 33.6. The van der Waals surface area contributed by atoms with E-state index < -0.39 is 28.5 Å². The number of sulfonamides is 1. The number of hydrogen-bond acceptors (Lipinski definition) is 5. The van der Waals surface area contributed by atoms with Gasteiger partial charge in [-0.2, -0.15) is 0 Å². The molecule has 0 aliphatic heterocycles. The molecule has 10 heteroatoms. The zero-order valence-corrected chi connectivity index (χ0v) is 27.2. The molecular weight excluding hydrogens is 610 g/mol. The van der Waals surface area contributed by atoms with Gasteiger partial charge in [-0.1, -0.05) is 72.3 Å². The van der Waals surface area contributed by atoms with Gasteiger partial charge >= 0.3 is 0 Å². The first-order chi connectivity index (χ1) is 21.6. The van der Waals surface area contributed by atoms with Crippen molar-refractivity contribution in [3.63, 3.8) is 0 Å². The first-order valence-electron chi connectivity index (χ1n) is 14.8. The fourth-order valence-corrected chi connectivity index (χ4v) is 6.39. The Morgan fingerprint density at radius 1 is 0.822 bits per heavy atom. The molecule has 2 amide bonds. The van der Waals surface area contributed by atoms with Crippen molar-refractivity contribution in [3.8, 4) is 5.75 Å². The molecule has 45 heavy (non-hydrogen) atoms. The van der Waals surface area contributed by atoms with Crippen molar-refractivity contribution in [2.24, 2.45) is 0 Å². The summed E-state index contributed by atoms with van der Waals surface area (Å²) in [6, 6.07) is 30.0. The van der Waals surface area contributed by atoms with Crippen LogP contribution in [0.5, 0.6) is 5.75 Å². The fourth-order valence-electron chi connectivity index (χ4n) is 4.85. The number of ether oxygens (including phenoxy) is 1. The molecule has 0 saturated carbocycles. The normalized spacial score (nSPS) is 11.9. The van der Waals surface area contributed by atoms with E-state index in [4.69, 9.17) is 16.3 Å². The lowest BCUT2D eigenvalue weighted by Crippen LogP contribution is -2.54. The zero-order valence-electron chi connectivity index (χ0n) is 25.6. The molecule has 1 N–H and O–H groups in total. The topological polar surface area (TPSA) is 96.0 Å². The Bertz CT molecular complexity index is 1650. The quantitative estimate of drug-likeness (QED) is 0.179. The van der Waals surface area contributed by atoms with Crippen LogP contribution in [-0.4, -0.2) is 50.4 Å². The predicted molar refractivity (Wildman–Crippen MR) is 178 cm³/mol. The Morgan fingerprint density at radius 3 is 1.96 bits per heavy atom. The van der Waals surface area contributed by atoms with Gasteiger partial charge < -0.3 is 15.0 Å². The smallest absolute Gasteiger partial charge is 0.264 e. The van der Waals surface area contributed by atoms with Gasteiger partial charge in [0.15, 0.2) is 0 Å². The van der Waals surface area contributed by atoms with Crippen molar-refractivity contribution >= 4 is 39.1 Å². The summed E-state index contributed by atoms with van der Waals surface area (Å²) >= 11 is 6.05. The van der Waals surface area contributed by atoms with E-state index in [0.29, 0.717) is 17.4 Å². The second-order valence-corrected chi connectivity index (χ2v) is 13.1. The minimum absolute atomic E-state index is 0.0263. The zero-order chi connectivity index (χ0) is 32.4. The molecule has 0 bridgehead atoms. The molecule has 236 valence electrons. The van der Waals surface area contributed by atoms with E-state index >= 15 is 0 Å². The number of benzene rings is 4. The highest BCUT2D eigenvalue weighted by molar-refractivity contribution is 7.92. The predicted octanol–water partition coefficient (Wildman–Crippen LogP) is 6.10. The van der Waals surface area contributed by atoms with Gasteiger partial charge in [-0.3, -0.25) is 13.9 Å². The number of halogens is 1. The summed E-state index contributed by atoms with van der Waals surface area (Å²) < 4.78 is 34.8. The third-order valence-corrected chi connectivity index (χ3v) is 9.05. The summed E-state index contributed by atoms with van der Waals surface area (Å²) in [6.45, 7) is 5.56. The minimum atomic E-state index is -4.24. The highest BCUT2D eigenvalue weighted by Gasteiger charge is 2.34. The maximum absolute atomic E-state index is 14.4. The number of nitrogens with one attached hydrogen (secondary N) is 1. The molecule has 1 unspecified atom stereocenters. The van der Waals surface area contributed by atoms with E-state index in [1.165, 1.54) is 29.2 Å². The standard InChI is InChI=1S/C35H38ClN3O5S/c1-4-44-31-19-17-30(18-20-31)39(45(42,43)32-21-15-29(36)16-22-32)25-34(40)38(24-28-13-9-6-10-14-28)33(35(41)37-26(2)3)23-27-11-7-5-8-12-27/h5-22,26,33H,4,23-25H2,1-3H3,(H,37,41). The molecule has 0 aliphatic carbocycles. The van der Waals surface area contributed by atoms with Crippen LogP contribution >= 0.6 is 11.6 Å². The lowest BCUT2D eigenvalue weighted by Gasteiger charge is -2.34. The average Bonchev–Trinajstić information content (AvgIpc) is 3.03. The van der Waals surface area contributed by atoms with Gasteiger partial charge in [0.1, 0.15) is 18.3 Å². The fraction of sp³-hybridized carbons (Fsp3) is 0.257. The van der Waals surface area contributed by atoms with Gasteiger partial charge in [-0.05, 0) is 80.4 Å². The third kappa shape index (κ3) is 9.09. The largest absolute Gasteiger partial charge is 0.494 e. The van der Waals surface area contributed by atoms with Gasteiger partial charge in [0.2, 0.25) is 11.8 Å². The van der Waals surface area contributed by atoms with Crippen LogP contribution in [0, 0.1) is 0 Å². The third-order valence-electron chi connectivity index (χ3n) is 7.01. The summed E-state index contributed by atoms with van der Waals surface area (Å²) in [6.07, 6.45) is 0.241. The van der Waals surface area contributed by atoms with Crippen molar-refractivity contribution in [1.29, 1.82) is 0 Å². The average molecular weight is 648 g/mol. The summed E-state index contributed by atoms with van der Waals surface area (Å²) in [5, 5.41) is 3.34. The second-order valence-electron chi connectivity index (χ2n) is 10.8. The molecule has 4 rings (SSSR count).